The largest absolute Gasteiger partial charge is 0.303 e. The highest BCUT2D eigenvalue weighted by atomic mass is 16.1. The lowest BCUT2D eigenvalue weighted by atomic mass is 10.2. The second kappa shape index (κ2) is 10.2. The molecule has 1 heteroatoms. The van der Waals surface area contributed by atoms with Crippen molar-refractivity contribution in [1.82, 2.24) is 0 Å². The van der Waals surface area contributed by atoms with Crippen LogP contribution in [-0.4, -0.2) is 6.29 Å². The maximum absolute atomic E-state index is 9.94. The third kappa shape index (κ3) is 9.15. The number of aldehydes is 1. The van der Waals surface area contributed by atoms with Gasteiger partial charge in [-0.15, -0.1) is 0 Å². The molecule has 0 aromatic carbocycles. The zero-order valence-corrected chi connectivity index (χ0v) is 7.83. The van der Waals surface area contributed by atoms with Crippen molar-refractivity contribution in [2.45, 2.75) is 39.0 Å². The Morgan fingerprint density at radius 2 is 1.75 bits per heavy atom. The van der Waals surface area contributed by atoms with Crippen molar-refractivity contribution in [3.8, 4) is 0 Å². The van der Waals surface area contributed by atoms with Crippen LogP contribution in [-0.2, 0) is 4.79 Å². The molecule has 0 heterocycles. The van der Waals surface area contributed by atoms with Crippen LogP contribution in [0.3, 0.4) is 0 Å². The SMILES string of the molecule is CC/C=C/C/C=C/CCCC=O. The highest BCUT2D eigenvalue weighted by Crippen LogP contribution is 1.96. The van der Waals surface area contributed by atoms with Crippen molar-refractivity contribution in [2.24, 2.45) is 0 Å². The summed E-state index contributed by atoms with van der Waals surface area (Å²) in [5.41, 5.74) is 0. The van der Waals surface area contributed by atoms with Gasteiger partial charge in [0.2, 0.25) is 0 Å². The molecule has 68 valence electrons. The van der Waals surface area contributed by atoms with Crippen LogP contribution in [0.15, 0.2) is 24.3 Å². The summed E-state index contributed by atoms with van der Waals surface area (Å²) < 4.78 is 0. The Hall–Kier alpha value is -0.850. The van der Waals surface area contributed by atoms with Crippen molar-refractivity contribution in [1.29, 1.82) is 0 Å². The minimum atomic E-state index is 0.690. The van der Waals surface area contributed by atoms with E-state index in [1.54, 1.807) is 0 Å². The first-order valence-electron chi connectivity index (χ1n) is 4.65. The van der Waals surface area contributed by atoms with Crippen LogP contribution >= 0.6 is 0 Å². The summed E-state index contributed by atoms with van der Waals surface area (Å²) in [7, 11) is 0. The average Bonchev–Trinajstić information content (AvgIpc) is 2.10. The molecular formula is C11H18O. The fraction of sp³-hybridized carbons (Fsp3) is 0.545. The molecule has 0 fully saturated rings. The van der Waals surface area contributed by atoms with E-state index in [2.05, 4.69) is 31.2 Å². The van der Waals surface area contributed by atoms with Crippen molar-refractivity contribution >= 4 is 6.29 Å². The lowest BCUT2D eigenvalue weighted by molar-refractivity contribution is -0.107. The van der Waals surface area contributed by atoms with E-state index < -0.39 is 0 Å². The number of rotatable bonds is 7. The van der Waals surface area contributed by atoms with E-state index in [1.807, 2.05) is 0 Å². The van der Waals surface area contributed by atoms with Gasteiger partial charge in [0.25, 0.3) is 0 Å². The van der Waals surface area contributed by atoms with Gasteiger partial charge in [-0.25, -0.2) is 0 Å². The second-order valence-electron chi connectivity index (χ2n) is 2.68. The molecule has 0 aliphatic heterocycles. The predicted molar refractivity (Wildman–Crippen MR) is 53.1 cm³/mol. The van der Waals surface area contributed by atoms with Gasteiger partial charge in [0.05, 0.1) is 0 Å². The maximum Gasteiger partial charge on any atom is 0.120 e. The van der Waals surface area contributed by atoms with E-state index in [1.165, 1.54) is 0 Å². The molecule has 0 radical (unpaired) electrons. The van der Waals surface area contributed by atoms with Crippen molar-refractivity contribution in [3.63, 3.8) is 0 Å². The summed E-state index contributed by atoms with van der Waals surface area (Å²) in [6, 6.07) is 0. The topological polar surface area (TPSA) is 17.1 Å². The van der Waals surface area contributed by atoms with E-state index in [0.717, 1.165) is 32.0 Å². The third-order valence-electron chi connectivity index (χ3n) is 1.53. The molecule has 0 bridgehead atoms. The highest BCUT2D eigenvalue weighted by molar-refractivity contribution is 5.48. The molecule has 0 N–H and O–H groups in total. The van der Waals surface area contributed by atoms with Crippen molar-refractivity contribution in [2.75, 3.05) is 0 Å². The minimum Gasteiger partial charge on any atom is -0.303 e. The van der Waals surface area contributed by atoms with Gasteiger partial charge in [0.15, 0.2) is 0 Å². The standard InChI is InChI=1S/C11H18O/c1-2-3-4-5-6-7-8-9-10-11-12/h3-4,6-7,11H,2,5,8-10H2,1H3/b4-3+,7-6+. The van der Waals surface area contributed by atoms with Crippen molar-refractivity contribution in [3.05, 3.63) is 24.3 Å². The molecule has 0 aromatic heterocycles. The lowest BCUT2D eigenvalue weighted by Gasteiger charge is -1.86. The van der Waals surface area contributed by atoms with Crippen LogP contribution in [0, 0.1) is 0 Å². The number of unbranched alkanes of at least 4 members (excludes halogenated alkanes) is 2. The van der Waals surface area contributed by atoms with Gasteiger partial charge in [-0.2, -0.15) is 0 Å². The van der Waals surface area contributed by atoms with Gasteiger partial charge >= 0.3 is 0 Å². The Morgan fingerprint density at radius 3 is 2.42 bits per heavy atom. The predicted octanol–water partition coefficient (Wildman–Crippen LogP) is 3.27. The van der Waals surface area contributed by atoms with Crippen LogP contribution in [0.25, 0.3) is 0 Å². The molecule has 0 atom stereocenters. The van der Waals surface area contributed by atoms with E-state index >= 15 is 0 Å². The minimum absolute atomic E-state index is 0.690. The van der Waals surface area contributed by atoms with Crippen LogP contribution in [0.4, 0.5) is 0 Å². The fourth-order valence-electron chi connectivity index (χ4n) is 0.875. The summed E-state index contributed by atoms with van der Waals surface area (Å²) in [5, 5.41) is 0. The first-order chi connectivity index (χ1) is 5.91. The van der Waals surface area contributed by atoms with Crippen LogP contribution in [0.1, 0.15) is 39.0 Å². The summed E-state index contributed by atoms with van der Waals surface area (Å²) in [6.45, 7) is 2.13. The molecule has 0 aliphatic rings. The first-order valence-corrected chi connectivity index (χ1v) is 4.65. The summed E-state index contributed by atoms with van der Waals surface area (Å²) in [4.78, 5) is 9.94. The normalized spacial score (nSPS) is 11.4. The molecule has 0 saturated heterocycles. The van der Waals surface area contributed by atoms with E-state index in [9.17, 15) is 4.79 Å². The number of carbonyl (C=O) groups is 1. The van der Waals surface area contributed by atoms with Gasteiger partial charge in [-0.1, -0.05) is 31.2 Å². The van der Waals surface area contributed by atoms with Gasteiger partial charge in [0, 0.05) is 6.42 Å². The van der Waals surface area contributed by atoms with E-state index in [-0.39, 0.29) is 0 Å². The molecule has 0 aliphatic carbocycles. The molecule has 1 nitrogen and oxygen atoms in total. The molecule has 0 amide bonds. The Kier molecular flexibility index (Phi) is 9.43. The third-order valence-corrected chi connectivity index (χ3v) is 1.53. The maximum atomic E-state index is 9.94. The van der Waals surface area contributed by atoms with E-state index in [0.29, 0.717) is 6.42 Å². The number of hydrogen-bond donors (Lipinski definition) is 0. The van der Waals surface area contributed by atoms with Gasteiger partial charge in [-0.3, -0.25) is 0 Å². The Balaban J connectivity index is 3.13. The zero-order valence-electron chi connectivity index (χ0n) is 7.83. The number of hydrogen-bond acceptors (Lipinski definition) is 1. The van der Waals surface area contributed by atoms with Gasteiger partial charge in [0.1, 0.15) is 6.29 Å². The first kappa shape index (κ1) is 11.2. The fourth-order valence-corrected chi connectivity index (χ4v) is 0.875. The number of allylic oxidation sites excluding steroid dienone is 4. The monoisotopic (exact) mass is 166 g/mol. The smallest absolute Gasteiger partial charge is 0.120 e. The highest BCUT2D eigenvalue weighted by Gasteiger charge is 1.80. The summed E-state index contributed by atoms with van der Waals surface area (Å²) in [6.07, 6.45) is 14.4. The second-order valence-corrected chi connectivity index (χ2v) is 2.68. The molecule has 0 saturated carbocycles. The lowest BCUT2D eigenvalue weighted by Crippen LogP contribution is -1.73. The quantitative estimate of drug-likeness (QED) is 0.322. The number of carbonyl (C=O) groups excluding carboxylic acids is 1. The van der Waals surface area contributed by atoms with E-state index in [4.69, 9.17) is 0 Å². The molecule has 0 rings (SSSR count). The summed E-state index contributed by atoms with van der Waals surface area (Å²) >= 11 is 0. The van der Waals surface area contributed by atoms with Crippen LogP contribution < -0.4 is 0 Å². The van der Waals surface area contributed by atoms with Gasteiger partial charge in [-0.05, 0) is 25.7 Å². The van der Waals surface area contributed by atoms with Gasteiger partial charge < -0.3 is 4.79 Å². The summed E-state index contributed by atoms with van der Waals surface area (Å²) in [5.74, 6) is 0. The van der Waals surface area contributed by atoms with Crippen molar-refractivity contribution < 1.29 is 4.79 Å². The van der Waals surface area contributed by atoms with Crippen LogP contribution in [0.5, 0.6) is 0 Å². The molecule has 0 aromatic rings. The molecule has 12 heavy (non-hydrogen) atoms. The van der Waals surface area contributed by atoms with Crippen LogP contribution in [0.2, 0.25) is 0 Å². The Morgan fingerprint density at radius 1 is 1.00 bits per heavy atom. The average molecular weight is 166 g/mol. The molecular weight excluding hydrogens is 148 g/mol. The zero-order chi connectivity index (χ0) is 9.07. The molecule has 0 unspecified atom stereocenters. The Bertz CT molecular complexity index is 145. The Labute approximate surface area is 75.2 Å². The molecule has 0 spiro atoms.